The quantitative estimate of drug-likeness (QED) is 0.563. The molecule has 1 amide bonds. The van der Waals surface area contributed by atoms with Crippen LogP contribution in [0.25, 0.3) is 0 Å². The summed E-state index contributed by atoms with van der Waals surface area (Å²) in [5, 5.41) is 2.63. The molecule has 3 aromatic carbocycles. The number of carbonyl (C=O) groups is 1. The molecular weight excluding hydrogens is 448 g/mol. The van der Waals surface area contributed by atoms with Crippen molar-refractivity contribution in [1.29, 1.82) is 0 Å². The molecule has 0 radical (unpaired) electrons. The van der Waals surface area contributed by atoms with Gasteiger partial charge in [-0.1, -0.05) is 36.8 Å². The highest BCUT2D eigenvalue weighted by Gasteiger charge is 2.22. The van der Waals surface area contributed by atoms with Crippen LogP contribution in [0.1, 0.15) is 22.8 Å². The molecule has 0 heterocycles. The maximum absolute atomic E-state index is 12.9. The normalized spacial score (nSPS) is 11.7. The number of amides is 1. The second-order valence-electron chi connectivity index (χ2n) is 7.19. The first-order chi connectivity index (χ1) is 15.1. The third-order valence-electron chi connectivity index (χ3n) is 5.02. The molecule has 0 saturated carbocycles. The Hall–Kier alpha value is -3.17. The lowest BCUT2D eigenvalue weighted by Crippen LogP contribution is -2.26. The Morgan fingerprint density at radius 2 is 1.47 bits per heavy atom. The van der Waals surface area contributed by atoms with Crippen molar-refractivity contribution in [2.24, 2.45) is 0 Å². The van der Waals surface area contributed by atoms with Crippen molar-refractivity contribution in [2.45, 2.75) is 23.6 Å². The largest absolute Gasteiger partial charge is 0.321 e. The third kappa shape index (κ3) is 4.84. The highest BCUT2D eigenvalue weighted by molar-refractivity contribution is 7.92. The van der Waals surface area contributed by atoms with E-state index in [0.717, 1.165) is 9.87 Å². The van der Waals surface area contributed by atoms with E-state index in [1.807, 2.05) is 6.92 Å². The molecule has 0 saturated heterocycles. The SMILES string of the molecule is CCS(=O)(=O)c1ccccc1NC(=O)c1ccc(N(C)S(=O)(=O)c2ccc(C)cc2)cc1. The van der Waals surface area contributed by atoms with Gasteiger partial charge in [-0.2, -0.15) is 0 Å². The summed E-state index contributed by atoms with van der Waals surface area (Å²) in [5.41, 5.74) is 1.80. The zero-order chi connectivity index (χ0) is 23.5. The van der Waals surface area contributed by atoms with Gasteiger partial charge < -0.3 is 5.32 Å². The lowest BCUT2D eigenvalue weighted by Gasteiger charge is -2.20. The molecular formula is C23H24N2O5S2. The minimum atomic E-state index is -3.75. The predicted molar refractivity (Wildman–Crippen MR) is 125 cm³/mol. The van der Waals surface area contributed by atoms with Crippen LogP contribution in [-0.4, -0.2) is 35.5 Å². The number of sulfonamides is 1. The number of benzene rings is 3. The van der Waals surface area contributed by atoms with Gasteiger partial charge in [0.05, 0.1) is 26.9 Å². The van der Waals surface area contributed by atoms with Gasteiger partial charge in [-0.05, 0) is 55.5 Å². The Balaban J connectivity index is 1.82. The summed E-state index contributed by atoms with van der Waals surface area (Å²) in [6.45, 7) is 3.41. The van der Waals surface area contributed by atoms with Crippen LogP contribution in [0.4, 0.5) is 11.4 Å². The molecule has 7 nitrogen and oxygen atoms in total. The average Bonchev–Trinajstić information content (AvgIpc) is 2.79. The fourth-order valence-corrected chi connectivity index (χ4v) is 5.27. The van der Waals surface area contributed by atoms with E-state index < -0.39 is 25.8 Å². The molecule has 0 atom stereocenters. The van der Waals surface area contributed by atoms with Crippen LogP contribution in [0.15, 0.2) is 82.6 Å². The van der Waals surface area contributed by atoms with Crippen molar-refractivity contribution in [2.75, 3.05) is 22.4 Å². The second kappa shape index (κ2) is 9.13. The number of para-hydroxylation sites is 1. The number of nitrogens with zero attached hydrogens (tertiary/aromatic N) is 1. The van der Waals surface area contributed by atoms with Gasteiger partial charge in [-0.25, -0.2) is 16.8 Å². The summed E-state index contributed by atoms with van der Waals surface area (Å²) in [6.07, 6.45) is 0. The maximum Gasteiger partial charge on any atom is 0.264 e. The summed E-state index contributed by atoms with van der Waals surface area (Å²) in [4.78, 5) is 12.9. The van der Waals surface area contributed by atoms with Crippen molar-refractivity contribution < 1.29 is 21.6 Å². The van der Waals surface area contributed by atoms with E-state index in [1.54, 1.807) is 36.4 Å². The molecule has 32 heavy (non-hydrogen) atoms. The Morgan fingerprint density at radius 1 is 0.875 bits per heavy atom. The number of aryl methyl sites for hydroxylation is 1. The summed E-state index contributed by atoms with van der Waals surface area (Å²) >= 11 is 0. The monoisotopic (exact) mass is 472 g/mol. The average molecular weight is 473 g/mol. The van der Waals surface area contributed by atoms with Gasteiger partial charge in [-0.3, -0.25) is 9.10 Å². The van der Waals surface area contributed by atoms with E-state index in [4.69, 9.17) is 0 Å². The van der Waals surface area contributed by atoms with Gasteiger partial charge >= 0.3 is 0 Å². The summed E-state index contributed by atoms with van der Waals surface area (Å²) in [5.74, 6) is -0.588. The van der Waals surface area contributed by atoms with Gasteiger partial charge in [0.15, 0.2) is 9.84 Å². The maximum atomic E-state index is 12.9. The fourth-order valence-electron chi connectivity index (χ4n) is 3.02. The van der Waals surface area contributed by atoms with Gasteiger partial charge in [0.2, 0.25) is 0 Å². The van der Waals surface area contributed by atoms with Crippen LogP contribution in [0.3, 0.4) is 0 Å². The van der Waals surface area contributed by atoms with Gasteiger partial charge in [0.1, 0.15) is 0 Å². The molecule has 0 aromatic heterocycles. The van der Waals surface area contributed by atoms with Crippen LogP contribution >= 0.6 is 0 Å². The van der Waals surface area contributed by atoms with E-state index in [-0.39, 0.29) is 26.8 Å². The molecule has 0 spiro atoms. The van der Waals surface area contributed by atoms with Crippen LogP contribution < -0.4 is 9.62 Å². The fraction of sp³-hybridized carbons (Fsp3) is 0.174. The predicted octanol–water partition coefficient (Wildman–Crippen LogP) is 3.87. The minimum absolute atomic E-state index is 0.0522. The number of carbonyl (C=O) groups excluding carboxylic acids is 1. The molecule has 0 fully saturated rings. The highest BCUT2D eigenvalue weighted by Crippen LogP contribution is 2.25. The Kier molecular flexibility index (Phi) is 6.71. The van der Waals surface area contributed by atoms with Crippen molar-refractivity contribution >= 4 is 37.1 Å². The van der Waals surface area contributed by atoms with Crippen LogP contribution in [0.2, 0.25) is 0 Å². The Morgan fingerprint density at radius 3 is 2.06 bits per heavy atom. The number of sulfone groups is 1. The van der Waals surface area contributed by atoms with E-state index in [2.05, 4.69) is 5.32 Å². The number of nitrogens with one attached hydrogen (secondary N) is 1. The molecule has 0 aliphatic heterocycles. The van der Waals surface area contributed by atoms with E-state index in [9.17, 15) is 21.6 Å². The molecule has 9 heteroatoms. The van der Waals surface area contributed by atoms with Crippen LogP contribution in [-0.2, 0) is 19.9 Å². The molecule has 3 aromatic rings. The number of hydrogen-bond acceptors (Lipinski definition) is 5. The van der Waals surface area contributed by atoms with Crippen molar-refractivity contribution in [3.05, 3.63) is 83.9 Å². The molecule has 1 N–H and O–H groups in total. The van der Waals surface area contributed by atoms with Gasteiger partial charge in [0, 0.05) is 12.6 Å². The smallest absolute Gasteiger partial charge is 0.264 e. The van der Waals surface area contributed by atoms with Crippen molar-refractivity contribution in [3.8, 4) is 0 Å². The van der Waals surface area contributed by atoms with Crippen LogP contribution in [0.5, 0.6) is 0 Å². The molecule has 0 unspecified atom stereocenters. The molecule has 0 bridgehead atoms. The highest BCUT2D eigenvalue weighted by atomic mass is 32.2. The zero-order valence-electron chi connectivity index (χ0n) is 17.9. The molecule has 168 valence electrons. The van der Waals surface area contributed by atoms with Crippen LogP contribution in [0, 0.1) is 6.92 Å². The lowest BCUT2D eigenvalue weighted by atomic mass is 10.2. The topological polar surface area (TPSA) is 101 Å². The zero-order valence-corrected chi connectivity index (χ0v) is 19.6. The van der Waals surface area contributed by atoms with E-state index in [1.165, 1.54) is 50.4 Å². The first-order valence-corrected chi connectivity index (χ1v) is 12.9. The molecule has 0 aliphatic rings. The summed E-state index contributed by atoms with van der Waals surface area (Å²) in [7, 11) is -5.82. The number of hydrogen-bond donors (Lipinski definition) is 1. The Labute approximate surface area is 188 Å². The Bertz CT molecular complexity index is 1330. The lowest BCUT2D eigenvalue weighted by molar-refractivity contribution is 0.102. The van der Waals surface area contributed by atoms with E-state index in [0.29, 0.717) is 5.69 Å². The number of anilines is 2. The van der Waals surface area contributed by atoms with E-state index >= 15 is 0 Å². The van der Waals surface area contributed by atoms with Gasteiger partial charge in [0.25, 0.3) is 15.9 Å². The standard InChI is InChI=1S/C23H24N2O5S2/c1-4-31(27,28)22-8-6-5-7-21(22)24-23(26)18-11-13-19(14-12-18)25(3)32(29,30)20-15-9-17(2)10-16-20/h5-16H,4H2,1-3H3,(H,24,26). The van der Waals surface area contributed by atoms with Crippen molar-refractivity contribution in [1.82, 2.24) is 0 Å². The minimum Gasteiger partial charge on any atom is -0.321 e. The molecule has 0 aliphatic carbocycles. The first kappa shape index (κ1) is 23.5. The van der Waals surface area contributed by atoms with Gasteiger partial charge in [-0.15, -0.1) is 0 Å². The first-order valence-electron chi connectivity index (χ1n) is 9.85. The van der Waals surface area contributed by atoms with Crippen molar-refractivity contribution in [3.63, 3.8) is 0 Å². The number of rotatable bonds is 7. The summed E-state index contributed by atoms with van der Waals surface area (Å²) in [6, 6.07) is 18.8. The second-order valence-corrected chi connectivity index (χ2v) is 11.4. The molecule has 3 rings (SSSR count). The third-order valence-corrected chi connectivity index (χ3v) is 8.61. The summed E-state index contributed by atoms with van der Waals surface area (Å²) < 4.78 is 51.4.